The fourth-order valence-electron chi connectivity index (χ4n) is 3.77. The molecular formula is C25H34N2O5Si. The number of rotatable bonds is 7. The second-order valence-corrected chi connectivity index (χ2v) is 15.0. The van der Waals surface area contributed by atoms with Gasteiger partial charge in [-0.05, 0) is 35.8 Å². The van der Waals surface area contributed by atoms with E-state index in [-0.39, 0.29) is 22.9 Å². The summed E-state index contributed by atoms with van der Waals surface area (Å²) in [5, 5.41) is 11.0. The zero-order valence-corrected chi connectivity index (χ0v) is 21.1. The molecule has 1 fully saturated rings. The Hall–Kier alpha value is -2.55. The van der Waals surface area contributed by atoms with Crippen LogP contribution in [0.4, 0.5) is 5.69 Å². The smallest absolute Gasteiger partial charge is 0.338 e. The molecule has 0 aromatic heterocycles. The summed E-state index contributed by atoms with van der Waals surface area (Å²) in [7, 11) is -2.00. The highest BCUT2D eigenvalue weighted by atomic mass is 28.4. The van der Waals surface area contributed by atoms with Crippen molar-refractivity contribution in [3.8, 4) is 0 Å². The van der Waals surface area contributed by atoms with Gasteiger partial charge in [0.05, 0.1) is 16.6 Å². The lowest BCUT2D eigenvalue weighted by atomic mass is 10.0. The Labute approximate surface area is 197 Å². The van der Waals surface area contributed by atoms with Crippen molar-refractivity contribution < 1.29 is 18.9 Å². The van der Waals surface area contributed by atoms with Crippen LogP contribution >= 0.6 is 0 Å². The number of piperidine rings is 1. The lowest BCUT2D eigenvalue weighted by Gasteiger charge is -2.44. The molecule has 0 amide bonds. The molecule has 0 bridgehead atoms. The van der Waals surface area contributed by atoms with E-state index < -0.39 is 19.2 Å². The number of non-ortho nitro benzene ring substituents is 1. The van der Waals surface area contributed by atoms with Crippen molar-refractivity contribution in [3.05, 3.63) is 75.8 Å². The van der Waals surface area contributed by atoms with Gasteiger partial charge in [0.1, 0.15) is 6.10 Å². The maximum Gasteiger partial charge on any atom is 0.338 e. The van der Waals surface area contributed by atoms with Crippen molar-refractivity contribution in [3.63, 3.8) is 0 Å². The van der Waals surface area contributed by atoms with Crippen molar-refractivity contribution in [1.29, 1.82) is 0 Å². The molecular weight excluding hydrogens is 436 g/mol. The number of hydrogen-bond donors (Lipinski definition) is 0. The van der Waals surface area contributed by atoms with Crippen LogP contribution in [0.3, 0.4) is 0 Å². The summed E-state index contributed by atoms with van der Waals surface area (Å²) in [5.74, 6) is -0.470. The van der Waals surface area contributed by atoms with E-state index in [1.54, 1.807) is 0 Å². The number of likely N-dealkylation sites (tertiary alicyclic amines) is 1. The number of carbonyl (C=O) groups is 1. The number of nitro benzene ring substituents is 1. The van der Waals surface area contributed by atoms with Crippen LogP contribution in [-0.2, 0) is 15.7 Å². The summed E-state index contributed by atoms with van der Waals surface area (Å²) in [6, 6.07) is 15.8. The summed E-state index contributed by atoms with van der Waals surface area (Å²) in [4.78, 5) is 25.4. The van der Waals surface area contributed by atoms with Gasteiger partial charge in [-0.25, -0.2) is 4.79 Å². The predicted octanol–water partition coefficient (Wildman–Crippen LogP) is 5.42. The molecule has 2 aromatic carbocycles. The van der Waals surface area contributed by atoms with Gasteiger partial charge in [-0.2, -0.15) is 0 Å². The van der Waals surface area contributed by atoms with Crippen molar-refractivity contribution in [1.82, 2.24) is 4.90 Å². The van der Waals surface area contributed by atoms with Crippen molar-refractivity contribution in [2.75, 3.05) is 13.1 Å². The molecule has 33 heavy (non-hydrogen) atoms. The van der Waals surface area contributed by atoms with E-state index in [9.17, 15) is 14.9 Å². The Morgan fingerprint density at radius 3 is 2.24 bits per heavy atom. The van der Waals surface area contributed by atoms with Crippen LogP contribution in [-0.4, -0.2) is 49.4 Å². The monoisotopic (exact) mass is 470 g/mol. The first-order chi connectivity index (χ1) is 15.4. The van der Waals surface area contributed by atoms with Crippen LogP contribution in [0.25, 0.3) is 0 Å². The minimum absolute atomic E-state index is 0.0296. The molecule has 1 saturated heterocycles. The maximum atomic E-state index is 12.8. The molecule has 0 saturated carbocycles. The summed E-state index contributed by atoms with van der Waals surface area (Å²) in [5.41, 5.74) is 1.45. The van der Waals surface area contributed by atoms with E-state index in [1.807, 2.05) is 18.2 Å². The molecule has 2 atom stereocenters. The maximum absolute atomic E-state index is 12.8. The van der Waals surface area contributed by atoms with E-state index in [2.05, 4.69) is 50.9 Å². The molecule has 2 aromatic rings. The van der Waals surface area contributed by atoms with Crippen LogP contribution < -0.4 is 0 Å². The minimum Gasteiger partial charge on any atom is -0.457 e. The third-order valence-corrected chi connectivity index (χ3v) is 11.1. The van der Waals surface area contributed by atoms with Crippen LogP contribution in [0, 0.1) is 10.1 Å². The summed E-state index contributed by atoms with van der Waals surface area (Å²) in [6.45, 7) is 13.3. The highest BCUT2D eigenvalue weighted by Crippen LogP contribution is 2.38. The van der Waals surface area contributed by atoms with Gasteiger partial charge >= 0.3 is 5.97 Å². The standard InChI is InChI=1S/C25H34N2O5Si/c1-25(2,3)33(4,5)32-23-15-22(17-26(18-23)16-19-9-7-6-8-10-19)31-24(28)20-11-13-21(14-12-20)27(29)30/h6-14,22-23H,15-18H2,1-5H3/t22-,23-/m0/s1. The molecule has 3 rings (SSSR count). The molecule has 8 heteroatoms. The van der Waals surface area contributed by atoms with Gasteiger partial charge < -0.3 is 9.16 Å². The van der Waals surface area contributed by atoms with Gasteiger partial charge in [-0.1, -0.05) is 51.1 Å². The van der Waals surface area contributed by atoms with Gasteiger partial charge in [0.25, 0.3) is 5.69 Å². The number of hydrogen-bond acceptors (Lipinski definition) is 6. The zero-order chi connectivity index (χ0) is 24.2. The molecule has 1 aliphatic rings. The van der Waals surface area contributed by atoms with E-state index in [1.165, 1.54) is 29.8 Å². The first kappa shape index (κ1) is 25.1. The Kier molecular flexibility index (Phi) is 7.72. The van der Waals surface area contributed by atoms with Crippen LogP contribution in [0.1, 0.15) is 43.1 Å². The van der Waals surface area contributed by atoms with Gasteiger partial charge in [0, 0.05) is 38.2 Å². The third kappa shape index (κ3) is 6.72. The number of esters is 1. The van der Waals surface area contributed by atoms with E-state index in [0.717, 1.165) is 13.1 Å². The van der Waals surface area contributed by atoms with Crippen LogP contribution in [0.5, 0.6) is 0 Å². The minimum atomic E-state index is -2.00. The second-order valence-electron chi connectivity index (χ2n) is 10.2. The highest BCUT2D eigenvalue weighted by molar-refractivity contribution is 6.74. The Morgan fingerprint density at radius 2 is 1.67 bits per heavy atom. The molecule has 1 aliphatic heterocycles. The number of nitro groups is 1. The second kappa shape index (κ2) is 10.2. The zero-order valence-electron chi connectivity index (χ0n) is 20.1. The average molecular weight is 471 g/mol. The third-order valence-electron chi connectivity index (χ3n) is 6.55. The molecule has 1 heterocycles. The average Bonchev–Trinajstić information content (AvgIpc) is 2.73. The highest BCUT2D eigenvalue weighted by Gasteiger charge is 2.41. The molecule has 0 unspecified atom stereocenters. The summed E-state index contributed by atoms with van der Waals surface area (Å²) < 4.78 is 12.6. The predicted molar refractivity (Wildman–Crippen MR) is 131 cm³/mol. The SMILES string of the molecule is CC(C)(C)[Si](C)(C)O[C@H]1C[C@H](OC(=O)c2ccc([N+](=O)[O-])cc2)CN(Cc2ccccc2)C1. The first-order valence-corrected chi connectivity index (χ1v) is 14.2. The molecule has 0 N–H and O–H groups in total. The quantitative estimate of drug-likeness (QED) is 0.233. The van der Waals surface area contributed by atoms with E-state index in [4.69, 9.17) is 9.16 Å². The Morgan fingerprint density at radius 1 is 1.06 bits per heavy atom. The fraction of sp³-hybridized carbons (Fsp3) is 0.480. The molecule has 178 valence electrons. The number of ether oxygens (including phenoxy) is 1. The molecule has 7 nitrogen and oxygen atoms in total. The Bertz CT molecular complexity index is 957. The van der Waals surface area contributed by atoms with Crippen molar-refractivity contribution in [2.24, 2.45) is 0 Å². The number of benzene rings is 2. The molecule has 0 aliphatic carbocycles. The topological polar surface area (TPSA) is 81.9 Å². The number of nitrogens with zero attached hydrogens (tertiary/aromatic N) is 2. The lowest BCUT2D eigenvalue weighted by molar-refractivity contribution is -0.384. The Balaban J connectivity index is 1.74. The van der Waals surface area contributed by atoms with Gasteiger partial charge in [0.2, 0.25) is 0 Å². The van der Waals surface area contributed by atoms with E-state index >= 15 is 0 Å². The van der Waals surface area contributed by atoms with Gasteiger partial charge in [0.15, 0.2) is 8.32 Å². The van der Waals surface area contributed by atoms with Crippen LogP contribution in [0.2, 0.25) is 18.1 Å². The molecule has 0 radical (unpaired) electrons. The van der Waals surface area contributed by atoms with Gasteiger partial charge in [-0.3, -0.25) is 15.0 Å². The molecule has 0 spiro atoms. The van der Waals surface area contributed by atoms with Gasteiger partial charge in [-0.15, -0.1) is 0 Å². The largest absolute Gasteiger partial charge is 0.457 e. The normalized spacial score (nSPS) is 19.8. The van der Waals surface area contributed by atoms with Crippen molar-refractivity contribution >= 4 is 20.0 Å². The lowest BCUT2D eigenvalue weighted by Crippen LogP contribution is -2.53. The number of carbonyl (C=O) groups excluding carboxylic acids is 1. The first-order valence-electron chi connectivity index (χ1n) is 11.3. The fourth-order valence-corrected chi connectivity index (χ4v) is 5.12. The van der Waals surface area contributed by atoms with Crippen molar-refractivity contribution in [2.45, 2.75) is 64.1 Å². The summed E-state index contributed by atoms with van der Waals surface area (Å²) >= 11 is 0. The van der Waals surface area contributed by atoms with Crippen LogP contribution in [0.15, 0.2) is 54.6 Å². The summed E-state index contributed by atoms with van der Waals surface area (Å²) in [6.07, 6.45) is 0.286. The van der Waals surface area contributed by atoms with E-state index in [0.29, 0.717) is 18.5 Å².